The van der Waals surface area contributed by atoms with E-state index in [4.69, 9.17) is 16.3 Å². The number of hydrogen-bond acceptors (Lipinski definition) is 6. The van der Waals surface area contributed by atoms with Crippen molar-refractivity contribution in [2.45, 2.75) is 11.3 Å². The molecule has 1 saturated heterocycles. The lowest BCUT2D eigenvalue weighted by atomic mass is 10.1. The molecule has 0 aromatic heterocycles. The molecule has 2 aromatic carbocycles. The van der Waals surface area contributed by atoms with Gasteiger partial charge < -0.3 is 10.1 Å². The predicted molar refractivity (Wildman–Crippen MR) is 114 cm³/mol. The van der Waals surface area contributed by atoms with Crippen molar-refractivity contribution < 1.29 is 26.4 Å². The zero-order chi connectivity index (χ0) is 21.9. The van der Waals surface area contributed by atoms with Crippen LogP contribution in [0.3, 0.4) is 0 Å². The lowest BCUT2D eigenvalue weighted by molar-refractivity contribution is 0.0948. The molecule has 0 spiro atoms. The smallest absolute Gasteiger partial charge is 0.262 e. The number of ether oxygens (including phenoxy) is 1. The van der Waals surface area contributed by atoms with Crippen LogP contribution in [0.1, 0.15) is 16.8 Å². The highest BCUT2D eigenvalue weighted by Gasteiger charge is 2.28. The van der Waals surface area contributed by atoms with Crippen LogP contribution in [0.25, 0.3) is 0 Å². The number of methoxy groups -OCH3 is 1. The Labute approximate surface area is 180 Å². The van der Waals surface area contributed by atoms with Gasteiger partial charge in [0.15, 0.2) is 9.84 Å². The van der Waals surface area contributed by atoms with Crippen molar-refractivity contribution in [2.75, 3.05) is 29.9 Å². The van der Waals surface area contributed by atoms with Gasteiger partial charge >= 0.3 is 0 Å². The van der Waals surface area contributed by atoms with E-state index in [0.29, 0.717) is 17.2 Å². The Bertz CT molecular complexity index is 1170. The van der Waals surface area contributed by atoms with E-state index in [1.807, 2.05) is 0 Å². The second kappa shape index (κ2) is 8.83. The number of carbonyl (C=O) groups excluding carboxylic acids is 1. The van der Waals surface area contributed by atoms with Crippen molar-refractivity contribution in [1.82, 2.24) is 5.32 Å². The molecule has 1 aliphatic heterocycles. The van der Waals surface area contributed by atoms with Gasteiger partial charge in [0, 0.05) is 17.1 Å². The van der Waals surface area contributed by atoms with Crippen LogP contribution in [0.2, 0.25) is 5.02 Å². The standard InChI is InChI=1S/C19H21ClN2O6S2/c1-28-18-6-5-15(20)10-17(18)22-30(26,27)16-4-2-3-14(9-16)19(23)21-11-13-7-8-29(24,25)12-13/h2-6,9-10,13,22H,7-8,11-12H2,1H3,(H,21,23). The Balaban J connectivity index is 1.74. The van der Waals surface area contributed by atoms with E-state index >= 15 is 0 Å². The second-order valence-corrected chi connectivity index (χ2v) is 11.3. The SMILES string of the molecule is COc1ccc(Cl)cc1NS(=O)(=O)c1cccc(C(=O)NCC2CCS(=O)(=O)C2)c1. The highest BCUT2D eigenvalue weighted by atomic mass is 35.5. The van der Waals surface area contributed by atoms with Crippen LogP contribution in [0.4, 0.5) is 5.69 Å². The number of amides is 1. The molecular weight excluding hydrogens is 452 g/mol. The van der Waals surface area contributed by atoms with Gasteiger partial charge in [-0.05, 0) is 48.7 Å². The van der Waals surface area contributed by atoms with E-state index in [1.165, 1.54) is 43.5 Å². The molecule has 2 N–H and O–H groups in total. The number of sulfonamides is 1. The van der Waals surface area contributed by atoms with Crippen LogP contribution in [-0.2, 0) is 19.9 Å². The van der Waals surface area contributed by atoms with Crippen LogP contribution in [0, 0.1) is 5.92 Å². The van der Waals surface area contributed by atoms with Gasteiger partial charge in [-0.25, -0.2) is 16.8 Å². The minimum atomic E-state index is -4.01. The molecule has 30 heavy (non-hydrogen) atoms. The largest absolute Gasteiger partial charge is 0.495 e. The van der Waals surface area contributed by atoms with Gasteiger partial charge in [-0.15, -0.1) is 0 Å². The number of carbonyl (C=O) groups is 1. The molecule has 8 nitrogen and oxygen atoms in total. The zero-order valence-corrected chi connectivity index (χ0v) is 18.5. The summed E-state index contributed by atoms with van der Waals surface area (Å²) in [5.41, 5.74) is 0.319. The topological polar surface area (TPSA) is 119 Å². The predicted octanol–water partition coefficient (Wildman–Crippen LogP) is 2.31. The van der Waals surface area contributed by atoms with E-state index in [2.05, 4.69) is 10.0 Å². The third-order valence-corrected chi connectivity index (χ3v) is 8.13. The van der Waals surface area contributed by atoms with Gasteiger partial charge in [0.2, 0.25) is 0 Å². The maximum absolute atomic E-state index is 12.8. The van der Waals surface area contributed by atoms with Crippen molar-refractivity contribution in [2.24, 2.45) is 5.92 Å². The van der Waals surface area contributed by atoms with Crippen molar-refractivity contribution in [3.05, 3.63) is 53.1 Å². The summed E-state index contributed by atoms with van der Waals surface area (Å²) in [6.45, 7) is 0.215. The summed E-state index contributed by atoms with van der Waals surface area (Å²) in [6.07, 6.45) is 0.502. The van der Waals surface area contributed by atoms with E-state index in [9.17, 15) is 21.6 Å². The van der Waals surface area contributed by atoms with Crippen molar-refractivity contribution >= 4 is 43.1 Å². The maximum atomic E-state index is 12.8. The number of sulfone groups is 1. The minimum absolute atomic E-state index is 0.0487. The van der Waals surface area contributed by atoms with Gasteiger partial charge in [-0.2, -0.15) is 0 Å². The van der Waals surface area contributed by atoms with Gasteiger partial charge in [-0.3, -0.25) is 9.52 Å². The maximum Gasteiger partial charge on any atom is 0.262 e. The summed E-state index contributed by atoms with van der Waals surface area (Å²) >= 11 is 5.94. The van der Waals surface area contributed by atoms with Crippen LogP contribution < -0.4 is 14.8 Å². The molecule has 1 heterocycles. The molecule has 0 bridgehead atoms. The van der Waals surface area contributed by atoms with Gasteiger partial charge in [0.05, 0.1) is 29.2 Å². The van der Waals surface area contributed by atoms with E-state index in [0.717, 1.165) is 0 Å². The molecule has 0 radical (unpaired) electrons. The van der Waals surface area contributed by atoms with Gasteiger partial charge in [-0.1, -0.05) is 17.7 Å². The number of halogens is 1. The van der Waals surface area contributed by atoms with Gasteiger partial charge in [0.1, 0.15) is 5.75 Å². The Hall–Kier alpha value is -2.30. The third kappa shape index (κ3) is 5.44. The molecule has 2 aromatic rings. The first-order chi connectivity index (χ1) is 14.1. The third-order valence-electron chi connectivity index (χ3n) is 4.69. The lowest BCUT2D eigenvalue weighted by Gasteiger charge is -2.13. The van der Waals surface area contributed by atoms with E-state index in [-0.39, 0.29) is 40.1 Å². The summed E-state index contributed by atoms with van der Waals surface area (Å²) in [6, 6.07) is 10.1. The fraction of sp³-hybridized carbons (Fsp3) is 0.316. The highest BCUT2D eigenvalue weighted by molar-refractivity contribution is 7.92. The Morgan fingerprint density at radius 1 is 1.23 bits per heavy atom. The molecule has 1 amide bonds. The van der Waals surface area contributed by atoms with Gasteiger partial charge in [0.25, 0.3) is 15.9 Å². The molecule has 1 fully saturated rings. The average molecular weight is 473 g/mol. The van der Waals surface area contributed by atoms with Crippen LogP contribution in [0.5, 0.6) is 5.75 Å². The van der Waals surface area contributed by atoms with Crippen LogP contribution in [-0.4, -0.2) is 47.9 Å². The molecule has 1 aliphatic rings. The fourth-order valence-electron chi connectivity index (χ4n) is 3.14. The lowest BCUT2D eigenvalue weighted by Crippen LogP contribution is -2.30. The molecule has 0 aliphatic carbocycles. The number of rotatable bonds is 7. The number of anilines is 1. The molecule has 1 atom stereocenters. The van der Waals surface area contributed by atoms with Crippen molar-refractivity contribution in [1.29, 1.82) is 0 Å². The first kappa shape index (κ1) is 22.4. The second-order valence-electron chi connectivity index (χ2n) is 6.96. The quantitative estimate of drug-likeness (QED) is 0.638. The Morgan fingerprint density at radius 2 is 2.00 bits per heavy atom. The summed E-state index contributed by atoms with van der Waals surface area (Å²) in [7, 11) is -5.64. The zero-order valence-electron chi connectivity index (χ0n) is 16.1. The molecule has 162 valence electrons. The average Bonchev–Trinajstić information content (AvgIpc) is 3.05. The van der Waals surface area contributed by atoms with E-state index in [1.54, 1.807) is 6.07 Å². The van der Waals surface area contributed by atoms with Crippen LogP contribution >= 0.6 is 11.6 Å². The molecule has 11 heteroatoms. The normalized spacial score (nSPS) is 18.0. The number of nitrogens with one attached hydrogen (secondary N) is 2. The van der Waals surface area contributed by atoms with Crippen molar-refractivity contribution in [3.63, 3.8) is 0 Å². The van der Waals surface area contributed by atoms with Crippen LogP contribution in [0.15, 0.2) is 47.4 Å². The number of benzene rings is 2. The first-order valence-electron chi connectivity index (χ1n) is 9.05. The summed E-state index contributed by atoms with van der Waals surface area (Å²) < 4.78 is 56.2. The number of hydrogen-bond donors (Lipinski definition) is 2. The summed E-state index contributed by atoms with van der Waals surface area (Å²) in [4.78, 5) is 12.3. The van der Waals surface area contributed by atoms with E-state index < -0.39 is 25.8 Å². The summed E-state index contributed by atoms with van der Waals surface area (Å²) in [5, 5.41) is 3.01. The Morgan fingerprint density at radius 3 is 2.67 bits per heavy atom. The summed E-state index contributed by atoms with van der Waals surface area (Å²) in [5.74, 6) is -0.143. The van der Waals surface area contributed by atoms with Crippen molar-refractivity contribution in [3.8, 4) is 5.75 Å². The Kier molecular flexibility index (Phi) is 6.59. The highest BCUT2D eigenvalue weighted by Crippen LogP contribution is 2.30. The molecular formula is C19H21ClN2O6S2. The monoisotopic (exact) mass is 472 g/mol. The molecule has 1 unspecified atom stereocenters. The molecule has 3 rings (SSSR count). The molecule has 0 saturated carbocycles. The fourth-order valence-corrected chi connectivity index (χ4v) is 6.28. The minimum Gasteiger partial charge on any atom is -0.495 e. The first-order valence-corrected chi connectivity index (χ1v) is 12.7.